The Hall–Kier alpha value is -3.89. The zero-order valence-corrected chi connectivity index (χ0v) is 28.3. The van der Waals surface area contributed by atoms with E-state index >= 15 is 0 Å². The Morgan fingerprint density at radius 2 is 1.81 bits per heavy atom. The molecular formula is C38H48N6O4. The maximum atomic E-state index is 13.6. The minimum absolute atomic E-state index is 0.0105. The SMILES string of the molecule is COc1cc(C(=O)N2CCC[C@@H](N)C2)cn2nc(-c3cc4cccc(C5CCN(C(=O)C6CCCCO6)CC5)c4n3CC3CC3)c(C)c12. The first-order chi connectivity index (χ1) is 23.4. The Bertz CT molecular complexity index is 1840. The van der Waals surface area contributed by atoms with Crippen LogP contribution in [0.5, 0.6) is 5.75 Å². The van der Waals surface area contributed by atoms with Gasteiger partial charge in [0.2, 0.25) is 0 Å². The molecule has 2 atom stereocenters. The van der Waals surface area contributed by atoms with E-state index in [-0.39, 0.29) is 24.0 Å². The van der Waals surface area contributed by atoms with Gasteiger partial charge in [-0.15, -0.1) is 0 Å². The number of amides is 2. The Labute approximate surface area is 282 Å². The van der Waals surface area contributed by atoms with Gasteiger partial charge in [0, 0.05) is 62.5 Å². The fourth-order valence-electron chi connectivity index (χ4n) is 8.36. The van der Waals surface area contributed by atoms with E-state index in [9.17, 15) is 9.59 Å². The molecule has 254 valence electrons. The number of pyridine rings is 1. The molecule has 2 amide bonds. The normalized spacial score (nSPS) is 22.5. The molecule has 1 unspecified atom stereocenters. The van der Waals surface area contributed by atoms with E-state index in [0.29, 0.717) is 42.8 Å². The zero-order valence-electron chi connectivity index (χ0n) is 28.3. The number of fused-ring (bicyclic) bond motifs is 2. The van der Waals surface area contributed by atoms with Crippen LogP contribution in [0.25, 0.3) is 27.8 Å². The van der Waals surface area contributed by atoms with Crippen LogP contribution in [0.15, 0.2) is 36.5 Å². The van der Waals surface area contributed by atoms with Crippen LogP contribution in [0.1, 0.15) is 85.2 Å². The summed E-state index contributed by atoms with van der Waals surface area (Å²) in [5.41, 5.74) is 13.3. The van der Waals surface area contributed by atoms with E-state index in [1.165, 1.54) is 29.3 Å². The van der Waals surface area contributed by atoms with Crippen molar-refractivity contribution < 1.29 is 19.1 Å². The summed E-state index contributed by atoms with van der Waals surface area (Å²) in [4.78, 5) is 30.7. The van der Waals surface area contributed by atoms with Crippen molar-refractivity contribution in [2.45, 2.75) is 89.3 Å². The largest absolute Gasteiger partial charge is 0.494 e. The van der Waals surface area contributed by atoms with E-state index in [0.717, 1.165) is 87.0 Å². The number of piperidine rings is 2. The molecule has 4 aromatic rings. The number of hydrogen-bond acceptors (Lipinski definition) is 6. The van der Waals surface area contributed by atoms with Gasteiger partial charge in [0.15, 0.2) is 0 Å². The molecule has 10 nitrogen and oxygen atoms in total. The highest BCUT2D eigenvalue weighted by Crippen LogP contribution is 2.42. The number of rotatable bonds is 7. The van der Waals surface area contributed by atoms with Gasteiger partial charge in [-0.05, 0) is 94.2 Å². The molecule has 3 aliphatic heterocycles. The van der Waals surface area contributed by atoms with E-state index in [4.69, 9.17) is 20.3 Å². The monoisotopic (exact) mass is 652 g/mol. The lowest BCUT2D eigenvalue weighted by molar-refractivity contribution is -0.147. The number of nitrogens with zero attached hydrogens (tertiary/aromatic N) is 5. The highest BCUT2D eigenvalue weighted by molar-refractivity contribution is 5.96. The maximum Gasteiger partial charge on any atom is 0.255 e. The van der Waals surface area contributed by atoms with Gasteiger partial charge in [-0.1, -0.05) is 18.2 Å². The van der Waals surface area contributed by atoms with Gasteiger partial charge in [-0.3, -0.25) is 9.59 Å². The van der Waals surface area contributed by atoms with Crippen LogP contribution < -0.4 is 10.5 Å². The maximum absolute atomic E-state index is 13.6. The van der Waals surface area contributed by atoms with Crippen LogP contribution >= 0.6 is 0 Å². The van der Waals surface area contributed by atoms with Crippen LogP contribution in [0.3, 0.4) is 0 Å². The second-order valence-corrected chi connectivity index (χ2v) is 14.5. The van der Waals surface area contributed by atoms with Crippen LogP contribution in [0.4, 0.5) is 0 Å². The third kappa shape index (κ3) is 5.76. The summed E-state index contributed by atoms with van der Waals surface area (Å²) in [6.07, 6.45) is 10.8. The predicted molar refractivity (Wildman–Crippen MR) is 185 cm³/mol. The smallest absolute Gasteiger partial charge is 0.255 e. The zero-order chi connectivity index (χ0) is 32.9. The summed E-state index contributed by atoms with van der Waals surface area (Å²) in [6, 6.07) is 10.9. The second kappa shape index (κ2) is 12.9. The Morgan fingerprint density at radius 1 is 0.979 bits per heavy atom. The fourth-order valence-corrected chi connectivity index (χ4v) is 8.36. The van der Waals surface area contributed by atoms with Crippen molar-refractivity contribution >= 4 is 28.2 Å². The van der Waals surface area contributed by atoms with Crippen molar-refractivity contribution in [1.82, 2.24) is 24.0 Å². The molecule has 0 bridgehead atoms. The van der Waals surface area contributed by atoms with E-state index in [1.54, 1.807) is 7.11 Å². The minimum atomic E-state index is -0.262. The van der Waals surface area contributed by atoms with Gasteiger partial charge in [-0.2, -0.15) is 5.10 Å². The lowest BCUT2D eigenvalue weighted by Crippen LogP contribution is -2.45. The highest BCUT2D eigenvalue weighted by atomic mass is 16.5. The molecule has 10 heteroatoms. The molecule has 1 aliphatic carbocycles. The van der Waals surface area contributed by atoms with Crippen LogP contribution in [0, 0.1) is 12.8 Å². The lowest BCUT2D eigenvalue weighted by Gasteiger charge is -2.35. The molecule has 3 aromatic heterocycles. The summed E-state index contributed by atoms with van der Waals surface area (Å²) in [5, 5.41) is 6.38. The number of methoxy groups -OCH3 is 1. The fraction of sp³-hybridized carbons (Fsp3) is 0.553. The van der Waals surface area contributed by atoms with Gasteiger partial charge < -0.3 is 29.6 Å². The summed E-state index contributed by atoms with van der Waals surface area (Å²) in [7, 11) is 1.66. The van der Waals surface area contributed by atoms with Crippen molar-refractivity contribution in [3.8, 4) is 17.1 Å². The summed E-state index contributed by atoms with van der Waals surface area (Å²) < 4.78 is 16.1. The molecule has 4 fully saturated rings. The summed E-state index contributed by atoms with van der Waals surface area (Å²) >= 11 is 0. The lowest BCUT2D eigenvalue weighted by atomic mass is 9.88. The van der Waals surface area contributed by atoms with Crippen molar-refractivity contribution in [3.05, 3.63) is 53.2 Å². The standard InChI is InChI=1S/C38H48N6O4/c1-24-34(40-44-22-28(20-33(47-2)35(24)44)37(45)42-15-6-8-29(39)23-42)31-19-27-7-5-9-30(36(27)43(31)21-25-11-12-25)26-13-16-41(17-14-26)38(46)32-10-3-4-18-48-32/h5,7,9,19-20,22,25-26,29,32H,3-4,6,8,10-18,21,23,39H2,1-2H3/t29-,32?/m1/s1. The second-order valence-electron chi connectivity index (χ2n) is 14.5. The molecule has 1 aromatic carbocycles. The first-order valence-electron chi connectivity index (χ1n) is 18.0. The van der Waals surface area contributed by atoms with Gasteiger partial charge >= 0.3 is 0 Å². The van der Waals surface area contributed by atoms with Gasteiger partial charge in [-0.25, -0.2) is 4.52 Å². The van der Waals surface area contributed by atoms with Crippen molar-refractivity contribution in [2.75, 3.05) is 39.9 Å². The molecule has 2 N–H and O–H groups in total. The number of likely N-dealkylation sites (tertiary alicyclic amines) is 2. The Morgan fingerprint density at radius 3 is 2.54 bits per heavy atom. The molecule has 3 saturated heterocycles. The predicted octanol–water partition coefficient (Wildman–Crippen LogP) is 5.52. The molecule has 48 heavy (non-hydrogen) atoms. The molecule has 8 rings (SSSR count). The van der Waals surface area contributed by atoms with Crippen LogP contribution in [-0.2, 0) is 16.1 Å². The number of hydrogen-bond donors (Lipinski definition) is 1. The number of nitrogens with two attached hydrogens (primary N) is 1. The molecule has 6 heterocycles. The Kier molecular flexibility index (Phi) is 8.41. The van der Waals surface area contributed by atoms with Crippen molar-refractivity contribution in [1.29, 1.82) is 0 Å². The molecule has 4 aliphatic rings. The summed E-state index contributed by atoms with van der Waals surface area (Å²) in [6.45, 7) is 6.57. The number of aromatic nitrogens is 3. The van der Waals surface area contributed by atoms with E-state index in [2.05, 4.69) is 35.8 Å². The third-order valence-electron chi connectivity index (χ3n) is 11.2. The topological polar surface area (TPSA) is 107 Å². The summed E-state index contributed by atoms with van der Waals surface area (Å²) in [5.74, 6) is 1.82. The molecular weight excluding hydrogens is 604 g/mol. The number of para-hydroxylation sites is 1. The number of aryl methyl sites for hydroxylation is 1. The molecule has 1 saturated carbocycles. The molecule has 0 spiro atoms. The van der Waals surface area contributed by atoms with Gasteiger partial charge in [0.25, 0.3) is 11.8 Å². The number of ether oxygens (including phenoxy) is 2. The minimum Gasteiger partial charge on any atom is -0.494 e. The Balaban J connectivity index is 1.14. The quantitative estimate of drug-likeness (QED) is 0.282. The highest BCUT2D eigenvalue weighted by Gasteiger charge is 2.33. The van der Waals surface area contributed by atoms with Crippen LogP contribution in [0.2, 0.25) is 0 Å². The third-order valence-corrected chi connectivity index (χ3v) is 11.2. The number of benzene rings is 1. The average molecular weight is 653 g/mol. The van der Waals surface area contributed by atoms with Crippen molar-refractivity contribution in [3.63, 3.8) is 0 Å². The van der Waals surface area contributed by atoms with Gasteiger partial charge in [0.05, 0.1) is 23.9 Å². The number of carbonyl (C=O) groups is 2. The first-order valence-corrected chi connectivity index (χ1v) is 18.0. The van der Waals surface area contributed by atoms with Gasteiger partial charge in [0.1, 0.15) is 23.1 Å². The van der Waals surface area contributed by atoms with E-state index < -0.39 is 0 Å². The average Bonchev–Trinajstić information content (AvgIpc) is 3.79. The van der Waals surface area contributed by atoms with Crippen LogP contribution in [-0.4, -0.2) is 87.8 Å². The molecule has 0 radical (unpaired) electrons. The first kappa shape index (κ1) is 31.4. The number of carbonyl (C=O) groups excluding carboxylic acids is 2. The van der Waals surface area contributed by atoms with E-state index in [1.807, 2.05) is 26.6 Å². The van der Waals surface area contributed by atoms with Crippen molar-refractivity contribution in [2.24, 2.45) is 11.7 Å².